The van der Waals surface area contributed by atoms with Crippen LogP contribution in [-0.2, 0) is 11.3 Å². The van der Waals surface area contributed by atoms with Crippen LogP contribution in [0.15, 0.2) is 12.4 Å². The maximum Gasteiger partial charge on any atom is 0.153 e. The van der Waals surface area contributed by atoms with E-state index in [1.165, 1.54) is 6.20 Å². The van der Waals surface area contributed by atoms with Crippen molar-refractivity contribution in [2.75, 3.05) is 6.61 Å². The number of rotatable bonds is 4. The first-order chi connectivity index (χ1) is 5.68. The van der Waals surface area contributed by atoms with Crippen LogP contribution in [-0.4, -0.2) is 27.6 Å². The van der Waals surface area contributed by atoms with E-state index in [0.717, 1.165) is 0 Å². The molecule has 0 bridgehead atoms. The zero-order valence-electron chi connectivity index (χ0n) is 7.40. The SMILES string of the molecule is CC(C)OCCn1cc(O)cn1. The molecule has 1 rings (SSSR count). The van der Waals surface area contributed by atoms with Crippen LogP contribution >= 0.6 is 0 Å². The van der Waals surface area contributed by atoms with Gasteiger partial charge in [0.25, 0.3) is 0 Å². The van der Waals surface area contributed by atoms with Gasteiger partial charge in [-0.25, -0.2) is 0 Å². The largest absolute Gasteiger partial charge is 0.505 e. The standard InChI is InChI=1S/C8H14N2O2/c1-7(2)12-4-3-10-6-8(11)5-9-10/h5-7,11H,3-4H2,1-2H3. The molecule has 0 aliphatic rings. The average molecular weight is 170 g/mol. The molecule has 0 aliphatic heterocycles. The molecule has 0 amide bonds. The minimum Gasteiger partial charge on any atom is -0.505 e. The normalized spacial score (nSPS) is 10.9. The molecular weight excluding hydrogens is 156 g/mol. The predicted molar refractivity (Wildman–Crippen MR) is 45.0 cm³/mol. The van der Waals surface area contributed by atoms with Crippen molar-refractivity contribution < 1.29 is 9.84 Å². The molecule has 1 aromatic heterocycles. The molecule has 0 aromatic carbocycles. The summed E-state index contributed by atoms with van der Waals surface area (Å²) in [6, 6.07) is 0. The number of ether oxygens (including phenoxy) is 1. The summed E-state index contributed by atoms with van der Waals surface area (Å²) >= 11 is 0. The third kappa shape index (κ3) is 2.92. The highest BCUT2D eigenvalue weighted by molar-refractivity contribution is 5.08. The van der Waals surface area contributed by atoms with E-state index >= 15 is 0 Å². The molecule has 0 atom stereocenters. The molecule has 12 heavy (non-hydrogen) atoms. The Bertz CT molecular complexity index is 233. The third-order valence-electron chi connectivity index (χ3n) is 1.39. The Morgan fingerprint density at radius 1 is 1.67 bits per heavy atom. The molecule has 0 saturated heterocycles. The summed E-state index contributed by atoms with van der Waals surface area (Å²) in [5.74, 6) is 0.194. The first kappa shape index (κ1) is 9.06. The molecule has 0 radical (unpaired) electrons. The van der Waals surface area contributed by atoms with Gasteiger partial charge in [0, 0.05) is 0 Å². The fraction of sp³-hybridized carbons (Fsp3) is 0.625. The summed E-state index contributed by atoms with van der Waals surface area (Å²) in [6.07, 6.45) is 3.23. The van der Waals surface area contributed by atoms with Gasteiger partial charge in [0.1, 0.15) is 0 Å². The molecule has 4 nitrogen and oxygen atoms in total. The summed E-state index contributed by atoms with van der Waals surface area (Å²) in [4.78, 5) is 0. The van der Waals surface area contributed by atoms with Gasteiger partial charge in [0.15, 0.2) is 5.75 Å². The van der Waals surface area contributed by atoms with Gasteiger partial charge in [-0.05, 0) is 13.8 Å². The van der Waals surface area contributed by atoms with Gasteiger partial charge in [-0.3, -0.25) is 4.68 Å². The van der Waals surface area contributed by atoms with E-state index in [1.54, 1.807) is 10.9 Å². The third-order valence-corrected chi connectivity index (χ3v) is 1.39. The van der Waals surface area contributed by atoms with Crippen LogP contribution in [0.5, 0.6) is 5.75 Å². The Kier molecular flexibility index (Phi) is 3.10. The topological polar surface area (TPSA) is 47.3 Å². The van der Waals surface area contributed by atoms with E-state index in [1.807, 2.05) is 13.8 Å². The average Bonchev–Trinajstić information content (AvgIpc) is 2.35. The number of aromatic hydroxyl groups is 1. The second-order valence-corrected chi connectivity index (χ2v) is 2.88. The molecule has 1 aromatic rings. The molecule has 4 heteroatoms. The fourth-order valence-corrected chi connectivity index (χ4v) is 0.857. The molecule has 0 aliphatic carbocycles. The van der Waals surface area contributed by atoms with Crippen LogP contribution in [0.4, 0.5) is 0 Å². The summed E-state index contributed by atoms with van der Waals surface area (Å²) in [6.45, 7) is 5.28. The quantitative estimate of drug-likeness (QED) is 0.733. The predicted octanol–water partition coefficient (Wildman–Crippen LogP) is 1.01. The molecule has 1 N–H and O–H groups in total. The summed E-state index contributed by atoms with van der Waals surface area (Å²) in [5, 5.41) is 12.8. The molecule has 68 valence electrons. The van der Waals surface area contributed by atoms with Gasteiger partial charge in [-0.2, -0.15) is 5.10 Å². The molecule has 1 heterocycles. The zero-order valence-corrected chi connectivity index (χ0v) is 7.40. The fourth-order valence-electron chi connectivity index (χ4n) is 0.857. The lowest BCUT2D eigenvalue weighted by Crippen LogP contribution is -2.10. The highest BCUT2D eigenvalue weighted by Crippen LogP contribution is 2.03. The van der Waals surface area contributed by atoms with Crippen molar-refractivity contribution in [3.05, 3.63) is 12.4 Å². The Morgan fingerprint density at radius 3 is 2.92 bits per heavy atom. The first-order valence-electron chi connectivity index (χ1n) is 4.01. The second kappa shape index (κ2) is 4.11. The maximum absolute atomic E-state index is 8.94. The van der Waals surface area contributed by atoms with Crippen LogP contribution < -0.4 is 0 Å². The molecule has 0 saturated carbocycles. The van der Waals surface area contributed by atoms with Crippen LogP contribution in [0.3, 0.4) is 0 Å². The summed E-state index contributed by atoms with van der Waals surface area (Å²) in [5.41, 5.74) is 0. The van der Waals surface area contributed by atoms with Gasteiger partial charge in [-0.1, -0.05) is 0 Å². The first-order valence-corrected chi connectivity index (χ1v) is 4.01. The van der Waals surface area contributed by atoms with Crippen LogP contribution in [0.2, 0.25) is 0 Å². The number of hydrogen-bond donors (Lipinski definition) is 1. The number of hydrogen-bond acceptors (Lipinski definition) is 3. The van der Waals surface area contributed by atoms with E-state index in [4.69, 9.17) is 9.84 Å². The van der Waals surface area contributed by atoms with E-state index in [-0.39, 0.29) is 11.9 Å². The van der Waals surface area contributed by atoms with Crippen molar-refractivity contribution >= 4 is 0 Å². The highest BCUT2D eigenvalue weighted by Gasteiger charge is 1.96. The van der Waals surface area contributed by atoms with E-state index in [9.17, 15) is 0 Å². The lowest BCUT2D eigenvalue weighted by molar-refractivity contribution is 0.0709. The summed E-state index contributed by atoms with van der Waals surface area (Å²) < 4.78 is 6.96. The van der Waals surface area contributed by atoms with Crippen molar-refractivity contribution in [3.8, 4) is 5.75 Å². The van der Waals surface area contributed by atoms with Crippen LogP contribution in [0.1, 0.15) is 13.8 Å². The lowest BCUT2D eigenvalue weighted by atomic mass is 10.5. The number of aromatic nitrogens is 2. The van der Waals surface area contributed by atoms with Gasteiger partial charge in [0.2, 0.25) is 0 Å². The van der Waals surface area contributed by atoms with E-state index in [2.05, 4.69) is 5.10 Å². The van der Waals surface area contributed by atoms with Gasteiger partial charge in [-0.15, -0.1) is 0 Å². The molecular formula is C8H14N2O2. The van der Waals surface area contributed by atoms with Gasteiger partial charge in [0.05, 0.1) is 31.6 Å². The van der Waals surface area contributed by atoms with Crippen molar-refractivity contribution in [1.82, 2.24) is 9.78 Å². The minimum absolute atomic E-state index is 0.194. The lowest BCUT2D eigenvalue weighted by Gasteiger charge is -2.06. The van der Waals surface area contributed by atoms with Crippen molar-refractivity contribution in [2.45, 2.75) is 26.5 Å². The zero-order chi connectivity index (χ0) is 8.97. The highest BCUT2D eigenvalue weighted by atomic mass is 16.5. The van der Waals surface area contributed by atoms with Gasteiger partial charge >= 0.3 is 0 Å². The Balaban J connectivity index is 2.24. The smallest absolute Gasteiger partial charge is 0.153 e. The maximum atomic E-state index is 8.94. The van der Waals surface area contributed by atoms with Crippen molar-refractivity contribution in [2.24, 2.45) is 0 Å². The Morgan fingerprint density at radius 2 is 2.42 bits per heavy atom. The van der Waals surface area contributed by atoms with E-state index in [0.29, 0.717) is 13.2 Å². The minimum atomic E-state index is 0.194. The molecule has 0 spiro atoms. The Labute approximate surface area is 71.8 Å². The summed E-state index contributed by atoms with van der Waals surface area (Å²) in [7, 11) is 0. The Hall–Kier alpha value is -1.03. The van der Waals surface area contributed by atoms with Crippen LogP contribution in [0.25, 0.3) is 0 Å². The van der Waals surface area contributed by atoms with Gasteiger partial charge < -0.3 is 9.84 Å². The van der Waals surface area contributed by atoms with E-state index < -0.39 is 0 Å². The second-order valence-electron chi connectivity index (χ2n) is 2.88. The molecule has 0 unspecified atom stereocenters. The van der Waals surface area contributed by atoms with Crippen molar-refractivity contribution in [3.63, 3.8) is 0 Å². The van der Waals surface area contributed by atoms with Crippen LogP contribution in [0, 0.1) is 0 Å². The van der Waals surface area contributed by atoms with Crippen molar-refractivity contribution in [1.29, 1.82) is 0 Å². The number of nitrogens with zero attached hydrogens (tertiary/aromatic N) is 2. The monoisotopic (exact) mass is 170 g/mol. The molecule has 0 fully saturated rings.